The van der Waals surface area contributed by atoms with Crippen molar-refractivity contribution in [2.45, 2.75) is 116 Å². The molecule has 0 amide bonds. The SMILES string of the molecule is C1CCCCCCCC1.C1CCCCCCCC1. The van der Waals surface area contributed by atoms with Crippen LogP contribution in [0.2, 0.25) is 0 Å². The van der Waals surface area contributed by atoms with Crippen molar-refractivity contribution in [2.24, 2.45) is 0 Å². The third-order valence-electron chi connectivity index (χ3n) is 4.50. The molecule has 18 heavy (non-hydrogen) atoms. The molecular formula is C18H36. The summed E-state index contributed by atoms with van der Waals surface area (Å²) in [5.74, 6) is 0. The summed E-state index contributed by atoms with van der Waals surface area (Å²) in [6.45, 7) is 0. The summed E-state index contributed by atoms with van der Waals surface area (Å²) >= 11 is 0. The van der Waals surface area contributed by atoms with Crippen molar-refractivity contribution in [3.05, 3.63) is 0 Å². The van der Waals surface area contributed by atoms with Gasteiger partial charge < -0.3 is 0 Å². The Bertz CT molecular complexity index is 75.1. The van der Waals surface area contributed by atoms with Gasteiger partial charge in [0.15, 0.2) is 0 Å². The molecule has 0 unspecified atom stereocenters. The van der Waals surface area contributed by atoms with Crippen molar-refractivity contribution < 1.29 is 0 Å². The molecule has 0 nitrogen and oxygen atoms in total. The van der Waals surface area contributed by atoms with Crippen LogP contribution in [0.3, 0.4) is 0 Å². The fourth-order valence-corrected chi connectivity index (χ4v) is 3.18. The van der Waals surface area contributed by atoms with Crippen LogP contribution in [0.15, 0.2) is 0 Å². The molecule has 0 saturated heterocycles. The highest BCUT2D eigenvalue weighted by Crippen LogP contribution is 2.16. The zero-order valence-electron chi connectivity index (χ0n) is 12.7. The summed E-state index contributed by atoms with van der Waals surface area (Å²) in [7, 11) is 0. The van der Waals surface area contributed by atoms with Gasteiger partial charge in [0.2, 0.25) is 0 Å². The van der Waals surface area contributed by atoms with E-state index in [0.717, 1.165) is 0 Å². The van der Waals surface area contributed by atoms with Gasteiger partial charge in [-0.2, -0.15) is 0 Å². The van der Waals surface area contributed by atoms with E-state index in [0.29, 0.717) is 0 Å². The van der Waals surface area contributed by atoms with Gasteiger partial charge in [-0.15, -0.1) is 0 Å². The van der Waals surface area contributed by atoms with Crippen LogP contribution in [0, 0.1) is 0 Å². The highest BCUT2D eigenvalue weighted by molar-refractivity contribution is 4.52. The maximum absolute atomic E-state index is 1.50. The van der Waals surface area contributed by atoms with E-state index in [2.05, 4.69) is 0 Å². The molecule has 0 aliphatic heterocycles. The Morgan fingerprint density at radius 3 is 0.222 bits per heavy atom. The molecular weight excluding hydrogens is 216 g/mol. The topological polar surface area (TPSA) is 0 Å². The largest absolute Gasteiger partial charge is 0.0533 e. The van der Waals surface area contributed by atoms with Crippen molar-refractivity contribution >= 4 is 0 Å². The monoisotopic (exact) mass is 252 g/mol. The Kier molecular flexibility index (Phi) is 12.0. The average Bonchev–Trinajstić information content (AvgIpc) is 2.65. The average molecular weight is 252 g/mol. The van der Waals surface area contributed by atoms with E-state index in [1.165, 1.54) is 116 Å². The minimum Gasteiger partial charge on any atom is -0.0533 e. The predicted octanol–water partition coefficient (Wildman–Crippen LogP) is 7.02. The van der Waals surface area contributed by atoms with Crippen molar-refractivity contribution in [3.63, 3.8) is 0 Å². The van der Waals surface area contributed by atoms with Gasteiger partial charge in [-0.3, -0.25) is 0 Å². The van der Waals surface area contributed by atoms with Crippen molar-refractivity contribution in [2.75, 3.05) is 0 Å². The van der Waals surface area contributed by atoms with Gasteiger partial charge in [0.1, 0.15) is 0 Å². The lowest BCUT2D eigenvalue weighted by Crippen LogP contribution is -1.73. The standard InChI is InChI=1S/2C9H18/c2*1-2-4-6-8-9-7-5-3-1/h2*1-9H2. The first-order valence-corrected chi connectivity index (χ1v) is 9.00. The molecule has 2 saturated carbocycles. The molecule has 2 aliphatic rings. The van der Waals surface area contributed by atoms with E-state index >= 15 is 0 Å². The van der Waals surface area contributed by atoms with E-state index in [-0.39, 0.29) is 0 Å². The molecule has 0 N–H and O–H groups in total. The van der Waals surface area contributed by atoms with Crippen LogP contribution < -0.4 is 0 Å². The molecule has 2 rings (SSSR count). The maximum atomic E-state index is 1.50. The van der Waals surface area contributed by atoms with Crippen LogP contribution >= 0.6 is 0 Å². The van der Waals surface area contributed by atoms with Crippen LogP contribution in [-0.4, -0.2) is 0 Å². The Labute approximate surface area is 116 Å². The van der Waals surface area contributed by atoms with Gasteiger partial charge in [-0.1, -0.05) is 116 Å². The minimum absolute atomic E-state index is 1.50. The van der Waals surface area contributed by atoms with E-state index in [1.54, 1.807) is 0 Å². The lowest BCUT2D eigenvalue weighted by molar-refractivity contribution is 0.624. The van der Waals surface area contributed by atoms with E-state index < -0.39 is 0 Å². The first kappa shape index (κ1) is 16.1. The summed E-state index contributed by atoms with van der Waals surface area (Å²) in [6.07, 6.45) is 27.0. The first-order valence-electron chi connectivity index (χ1n) is 9.00. The van der Waals surface area contributed by atoms with Crippen LogP contribution in [0.25, 0.3) is 0 Å². The molecule has 0 aromatic rings. The van der Waals surface area contributed by atoms with Gasteiger partial charge in [0.25, 0.3) is 0 Å². The fraction of sp³-hybridized carbons (Fsp3) is 1.00. The molecule has 0 heteroatoms. The quantitative estimate of drug-likeness (QED) is 0.434. The summed E-state index contributed by atoms with van der Waals surface area (Å²) in [5.41, 5.74) is 0. The number of hydrogen-bond acceptors (Lipinski definition) is 0. The number of rotatable bonds is 0. The van der Waals surface area contributed by atoms with E-state index in [4.69, 9.17) is 0 Å². The summed E-state index contributed by atoms with van der Waals surface area (Å²) < 4.78 is 0. The Hall–Kier alpha value is 0. The molecule has 0 atom stereocenters. The minimum atomic E-state index is 1.50. The zero-order chi connectivity index (χ0) is 12.7. The van der Waals surface area contributed by atoms with Gasteiger partial charge in [0, 0.05) is 0 Å². The molecule has 2 aliphatic carbocycles. The van der Waals surface area contributed by atoms with Crippen molar-refractivity contribution in [1.82, 2.24) is 0 Å². The summed E-state index contributed by atoms with van der Waals surface area (Å²) in [6, 6.07) is 0. The lowest BCUT2D eigenvalue weighted by atomic mass is 10.1. The van der Waals surface area contributed by atoms with E-state index in [1.807, 2.05) is 0 Å². The van der Waals surface area contributed by atoms with Crippen LogP contribution in [0.4, 0.5) is 0 Å². The summed E-state index contributed by atoms with van der Waals surface area (Å²) in [4.78, 5) is 0. The smallest absolute Gasteiger partial charge is 0.0533 e. The molecule has 0 aromatic carbocycles. The highest BCUT2D eigenvalue weighted by Gasteiger charge is 1.96. The molecule has 0 spiro atoms. The fourth-order valence-electron chi connectivity index (χ4n) is 3.18. The predicted molar refractivity (Wildman–Crippen MR) is 83.1 cm³/mol. The van der Waals surface area contributed by atoms with Gasteiger partial charge >= 0.3 is 0 Å². The maximum Gasteiger partial charge on any atom is -0.0533 e. The molecule has 0 bridgehead atoms. The third kappa shape index (κ3) is 11.1. The van der Waals surface area contributed by atoms with Crippen LogP contribution in [0.5, 0.6) is 0 Å². The zero-order valence-corrected chi connectivity index (χ0v) is 12.7. The summed E-state index contributed by atoms with van der Waals surface area (Å²) in [5, 5.41) is 0. The third-order valence-corrected chi connectivity index (χ3v) is 4.50. The first-order chi connectivity index (χ1) is 9.00. The normalized spacial score (nSPS) is 24.0. The highest BCUT2D eigenvalue weighted by atomic mass is 14.0. The molecule has 2 fully saturated rings. The Morgan fingerprint density at radius 2 is 0.167 bits per heavy atom. The van der Waals surface area contributed by atoms with E-state index in [9.17, 15) is 0 Å². The molecule has 0 radical (unpaired) electrons. The number of hydrogen-bond donors (Lipinski definition) is 0. The Morgan fingerprint density at radius 1 is 0.111 bits per heavy atom. The van der Waals surface area contributed by atoms with Gasteiger partial charge in [-0.25, -0.2) is 0 Å². The molecule has 108 valence electrons. The van der Waals surface area contributed by atoms with Crippen LogP contribution in [-0.2, 0) is 0 Å². The second-order valence-electron chi connectivity index (χ2n) is 6.36. The van der Waals surface area contributed by atoms with Crippen LogP contribution in [0.1, 0.15) is 116 Å². The lowest BCUT2D eigenvalue weighted by Gasteiger charge is -1.93. The van der Waals surface area contributed by atoms with Gasteiger partial charge in [-0.05, 0) is 0 Å². The Balaban J connectivity index is 0.000000180. The molecule has 0 aromatic heterocycles. The second-order valence-corrected chi connectivity index (χ2v) is 6.36. The van der Waals surface area contributed by atoms with Crippen molar-refractivity contribution in [1.29, 1.82) is 0 Å². The second kappa shape index (κ2) is 13.4. The van der Waals surface area contributed by atoms with Crippen molar-refractivity contribution in [3.8, 4) is 0 Å². The van der Waals surface area contributed by atoms with Gasteiger partial charge in [0.05, 0.1) is 0 Å². The molecule has 0 heterocycles.